The molecule has 0 aliphatic carbocycles. The Morgan fingerprint density at radius 2 is 2.48 bits per heavy atom. The molecular weight excluding hydrogens is 268 g/mol. The quantitative estimate of drug-likeness (QED) is 0.806. The molecule has 1 aromatic rings. The van der Waals surface area contributed by atoms with E-state index in [-0.39, 0.29) is 6.54 Å². The summed E-state index contributed by atoms with van der Waals surface area (Å²) in [5, 5.41) is 20.7. The Bertz CT molecular complexity index is 527. The van der Waals surface area contributed by atoms with Gasteiger partial charge in [-0.15, -0.1) is 0 Å². The molecule has 1 unspecified atom stereocenters. The number of nitrogens with one attached hydrogen (secondary N) is 1. The highest BCUT2D eigenvalue weighted by Gasteiger charge is 2.20. The van der Waals surface area contributed by atoms with Gasteiger partial charge >= 0.3 is 5.97 Å². The van der Waals surface area contributed by atoms with Crippen LogP contribution < -0.4 is 5.32 Å². The Hall–Kier alpha value is -1.97. The number of rotatable bonds is 6. The van der Waals surface area contributed by atoms with E-state index in [1.165, 1.54) is 0 Å². The van der Waals surface area contributed by atoms with Gasteiger partial charge < -0.3 is 10.4 Å². The lowest BCUT2D eigenvalue weighted by atomic mass is 9.97. The van der Waals surface area contributed by atoms with E-state index in [1.807, 2.05) is 12.1 Å². The first kappa shape index (κ1) is 15.4. The van der Waals surface area contributed by atoms with Crippen molar-refractivity contribution in [1.82, 2.24) is 15.2 Å². The number of aliphatic carboxylic acids is 1. The van der Waals surface area contributed by atoms with Gasteiger partial charge in [-0.1, -0.05) is 6.07 Å². The molecule has 1 atom stereocenters. The molecule has 1 fully saturated rings. The van der Waals surface area contributed by atoms with Crippen LogP contribution in [0.5, 0.6) is 0 Å². The molecule has 1 aliphatic heterocycles. The average Bonchev–Trinajstić information content (AvgIpc) is 2.48. The third-order valence-electron chi connectivity index (χ3n) is 3.70. The second-order valence-corrected chi connectivity index (χ2v) is 5.39. The number of carboxylic acids is 1. The molecular formula is C15H20N4O2. The second-order valence-electron chi connectivity index (χ2n) is 5.39. The summed E-state index contributed by atoms with van der Waals surface area (Å²) in [6, 6.07) is 5.92. The second kappa shape index (κ2) is 7.72. The highest BCUT2D eigenvalue weighted by Crippen LogP contribution is 2.18. The Morgan fingerprint density at radius 3 is 3.24 bits per heavy atom. The van der Waals surface area contributed by atoms with Crippen molar-refractivity contribution in [3.05, 3.63) is 29.6 Å². The van der Waals surface area contributed by atoms with Gasteiger partial charge in [0.2, 0.25) is 0 Å². The maximum atomic E-state index is 10.5. The third kappa shape index (κ3) is 4.81. The fraction of sp³-hybridized carbons (Fsp3) is 0.533. The number of nitrogens with zero attached hydrogens (tertiary/aromatic N) is 3. The molecule has 112 valence electrons. The molecule has 0 bridgehead atoms. The van der Waals surface area contributed by atoms with Gasteiger partial charge in [0.15, 0.2) is 0 Å². The van der Waals surface area contributed by atoms with E-state index < -0.39 is 5.97 Å². The van der Waals surface area contributed by atoms with Gasteiger partial charge in [-0.3, -0.25) is 9.69 Å². The first-order valence-corrected chi connectivity index (χ1v) is 7.18. The Balaban J connectivity index is 1.86. The van der Waals surface area contributed by atoms with Crippen molar-refractivity contribution in [2.24, 2.45) is 5.92 Å². The molecule has 0 spiro atoms. The smallest absolute Gasteiger partial charge is 0.317 e. The van der Waals surface area contributed by atoms with Crippen LogP contribution in [0.15, 0.2) is 18.3 Å². The fourth-order valence-electron chi connectivity index (χ4n) is 2.75. The van der Waals surface area contributed by atoms with Gasteiger partial charge in [-0.25, -0.2) is 4.98 Å². The largest absolute Gasteiger partial charge is 0.480 e. The summed E-state index contributed by atoms with van der Waals surface area (Å²) in [4.78, 5) is 16.9. The maximum Gasteiger partial charge on any atom is 0.317 e. The van der Waals surface area contributed by atoms with Crippen molar-refractivity contribution in [2.45, 2.75) is 19.4 Å². The number of hydrogen-bond donors (Lipinski definition) is 2. The minimum Gasteiger partial charge on any atom is -0.480 e. The van der Waals surface area contributed by atoms with E-state index in [0.29, 0.717) is 11.6 Å². The predicted octanol–water partition coefficient (Wildman–Crippen LogP) is 0.839. The first-order valence-electron chi connectivity index (χ1n) is 7.18. The van der Waals surface area contributed by atoms with Gasteiger partial charge in [0.05, 0.1) is 6.54 Å². The van der Waals surface area contributed by atoms with Crippen molar-refractivity contribution in [1.29, 1.82) is 5.26 Å². The predicted molar refractivity (Wildman–Crippen MR) is 77.5 cm³/mol. The molecule has 0 radical (unpaired) electrons. The summed E-state index contributed by atoms with van der Waals surface area (Å²) < 4.78 is 0. The lowest BCUT2D eigenvalue weighted by molar-refractivity contribution is -0.136. The van der Waals surface area contributed by atoms with Crippen LogP contribution in [-0.4, -0.2) is 47.1 Å². The van der Waals surface area contributed by atoms with E-state index in [4.69, 9.17) is 10.4 Å². The molecule has 0 saturated carbocycles. The molecule has 1 saturated heterocycles. The SMILES string of the molecule is N#Cc1ncccc1CN1CCCC(CNCC(=O)O)C1. The van der Waals surface area contributed by atoms with Crippen LogP contribution in [0.25, 0.3) is 0 Å². The third-order valence-corrected chi connectivity index (χ3v) is 3.70. The summed E-state index contributed by atoms with van der Waals surface area (Å²) >= 11 is 0. The zero-order valence-electron chi connectivity index (χ0n) is 12.0. The minimum atomic E-state index is -0.823. The van der Waals surface area contributed by atoms with Gasteiger partial charge in [0.25, 0.3) is 0 Å². The Labute approximate surface area is 124 Å². The number of hydrogen-bond acceptors (Lipinski definition) is 5. The lowest BCUT2D eigenvalue weighted by Gasteiger charge is -2.32. The van der Waals surface area contributed by atoms with Crippen LogP contribution in [-0.2, 0) is 11.3 Å². The number of nitriles is 1. The molecule has 6 nitrogen and oxygen atoms in total. The topological polar surface area (TPSA) is 89.3 Å². The van der Waals surface area contributed by atoms with Crippen molar-refractivity contribution >= 4 is 5.97 Å². The molecule has 0 aromatic carbocycles. The van der Waals surface area contributed by atoms with Gasteiger partial charge in [-0.2, -0.15) is 5.26 Å². The van der Waals surface area contributed by atoms with Crippen molar-refractivity contribution < 1.29 is 9.90 Å². The van der Waals surface area contributed by atoms with Crippen molar-refractivity contribution in [3.8, 4) is 6.07 Å². The summed E-state index contributed by atoms with van der Waals surface area (Å²) in [7, 11) is 0. The molecule has 2 N–H and O–H groups in total. The van der Waals surface area contributed by atoms with E-state index >= 15 is 0 Å². The summed E-state index contributed by atoms with van der Waals surface area (Å²) in [6.45, 7) is 3.40. The zero-order chi connectivity index (χ0) is 15.1. The van der Waals surface area contributed by atoms with Crippen LogP contribution in [0.3, 0.4) is 0 Å². The van der Waals surface area contributed by atoms with E-state index in [9.17, 15) is 4.79 Å². The van der Waals surface area contributed by atoms with Gasteiger partial charge in [0, 0.05) is 24.8 Å². The summed E-state index contributed by atoms with van der Waals surface area (Å²) in [5.74, 6) is -0.364. The van der Waals surface area contributed by atoms with Crippen LogP contribution in [0.2, 0.25) is 0 Å². The number of pyridine rings is 1. The van der Waals surface area contributed by atoms with Crippen molar-refractivity contribution in [2.75, 3.05) is 26.2 Å². The molecule has 1 aliphatic rings. The highest BCUT2D eigenvalue weighted by molar-refractivity contribution is 5.68. The minimum absolute atomic E-state index is 0.0116. The lowest BCUT2D eigenvalue weighted by Crippen LogP contribution is -2.40. The zero-order valence-corrected chi connectivity index (χ0v) is 12.0. The van der Waals surface area contributed by atoms with Crippen LogP contribution in [0.1, 0.15) is 24.1 Å². The Morgan fingerprint density at radius 1 is 1.62 bits per heavy atom. The summed E-state index contributed by atoms with van der Waals surface area (Å²) in [6.07, 6.45) is 3.85. The normalized spacial score (nSPS) is 19.1. The van der Waals surface area contributed by atoms with Crippen LogP contribution in [0.4, 0.5) is 0 Å². The number of likely N-dealkylation sites (tertiary alicyclic amines) is 1. The van der Waals surface area contributed by atoms with Crippen LogP contribution in [0, 0.1) is 17.2 Å². The Kier molecular flexibility index (Phi) is 5.67. The molecule has 1 aromatic heterocycles. The summed E-state index contributed by atoms with van der Waals surface area (Å²) in [5.41, 5.74) is 1.45. The van der Waals surface area contributed by atoms with E-state index in [2.05, 4.69) is 21.3 Å². The molecule has 2 heterocycles. The maximum absolute atomic E-state index is 10.5. The van der Waals surface area contributed by atoms with E-state index in [0.717, 1.165) is 44.6 Å². The first-order chi connectivity index (χ1) is 10.2. The highest BCUT2D eigenvalue weighted by atomic mass is 16.4. The fourth-order valence-corrected chi connectivity index (χ4v) is 2.75. The number of aromatic nitrogens is 1. The van der Waals surface area contributed by atoms with Crippen molar-refractivity contribution in [3.63, 3.8) is 0 Å². The van der Waals surface area contributed by atoms with Gasteiger partial charge in [0.1, 0.15) is 11.8 Å². The number of piperidine rings is 1. The standard InChI is InChI=1S/C15H20N4O2/c16-7-14-13(4-1-5-18-14)11-19-6-2-3-12(10-19)8-17-9-15(20)21/h1,4-5,12,17H,2-3,6,8-11H2,(H,20,21). The van der Waals surface area contributed by atoms with E-state index in [1.54, 1.807) is 6.20 Å². The molecule has 6 heteroatoms. The number of carbonyl (C=O) groups is 1. The number of carboxylic acid groups (broad SMARTS) is 1. The molecule has 21 heavy (non-hydrogen) atoms. The molecule has 0 amide bonds. The van der Waals surface area contributed by atoms with Crippen LogP contribution >= 0.6 is 0 Å². The monoisotopic (exact) mass is 288 g/mol. The molecule has 2 rings (SSSR count). The van der Waals surface area contributed by atoms with Gasteiger partial charge in [-0.05, 0) is 37.9 Å². The average molecular weight is 288 g/mol.